The molecule has 0 aliphatic carbocycles. The molecule has 0 aliphatic heterocycles. The van der Waals surface area contributed by atoms with Crippen LogP contribution in [0.1, 0.15) is 23.6 Å². The molecule has 0 saturated carbocycles. The Balaban J connectivity index is 1.57. The number of nitrogens with zero attached hydrogens (tertiary/aromatic N) is 2. The molecule has 1 heterocycles. The van der Waals surface area contributed by atoms with E-state index in [-0.39, 0.29) is 12.5 Å². The maximum Gasteiger partial charge on any atom is 0.328 e. The molecule has 0 fully saturated rings. The number of anilines is 1. The number of esters is 1. The predicted octanol–water partition coefficient (Wildman–Crippen LogP) is 4.18. The molecule has 0 N–H and O–H groups in total. The number of hydrogen-bond donors (Lipinski definition) is 1. The van der Waals surface area contributed by atoms with Crippen LogP contribution < -0.4 is 4.90 Å². The highest BCUT2D eigenvalue weighted by atomic mass is 32.1. The van der Waals surface area contributed by atoms with Crippen molar-refractivity contribution in [3.05, 3.63) is 60.0 Å². The summed E-state index contributed by atoms with van der Waals surface area (Å²) in [6.45, 7) is 5.85. The molecule has 1 atom stereocenters. The fourth-order valence-electron chi connectivity index (χ4n) is 2.74. The van der Waals surface area contributed by atoms with Crippen LogP contribution in [0, 0.1) is 6.92 Å². The Morgan fingerprint density at radius 2 is 2.08 bits per heavy atom. The van der Waals surface area contributed by atoms with Crippen LogP contribution in [0.3, 0.4) is 0 Å². The van der Waals surface area contributed by atoms with E-state index in [1.165, 1.54) is 5.56 Å². The Bertz CT molecular complexity index is 860. The summed E-state index contributed by atoms with van der Waals surface area (Å²) in [6, 6.07) is 15.6. The summed E-state index contributed by atoms with van der Waals surface area (Å²) in [5.74, 6) is -0.203. The van der Waals surface area contributed by atoms with Crippen LogP contribution in [-0.2, 0) is 9.53 Å². The van der Waals surface area contributed by atoms with Gasteiger partial charge in [0.1, 0.15) is 12.1 Å². The van der Waals surface area contributed by atoms with E-state index < -0.39 is 11.2 Å². The Labute approximate surface area is 158 Å². The first-order valence-corrected chi connectivity index (χ1v) is 9.12. The first kappa shape index (κ1) is 18.3. The smallest absolute Gasteiger partial charge is 0.328 e. The first-order valence-electron chi connectivity index (χ1n) is 8.60. The number of likely N-dealkylation sites (N-methyl/N-ethyl adjacent to an activating group) is 1. The van der Waals surface area contributed by atoms with Gasteiger partial charge in [0.15, 0.2) is 10.8 Å². The Morgan fingerprint density at radius 3 is 2.81 bits per heavy atom. The van der Waals surface area contributed by atoms with Crippen molar-refractivity contribution in [2.24, 2.45) is 0 Å². The maximum atomic E-state index is 12.3. The van der Waals surface area contributed by atoms with Crippen LogP contribution in [0.5, 0.6) is 0 Å². The number of fused-ring (bicyclic) bond motifs is 1. The van der Waals surface area contributed by atoms with Gasteiger partial charge in [0.2, 0.25) is 5.89 Å². The highest BCUT2D eigenvalue weighted by Gasteiger charge is 2.23. The summed E-state index contributed by atoms with van der Waals surface area (Å²) in [6.07, 6.45) is 0. The molecule has 0 spiro atoms. The molecule has 0 radical (unpaired) electrons. The van der Waals surface area contributed by atoms with Crippen molar-refractivity contribution in [2.75, 3.05) is 24.6 Å². The number of benzene rings is 2. The standard InChI is InChI=1S/C20H22N2O3S/c1-3-22(15-8-6-7-14(2)13-15)11-12-24-20(23)18(26)19-21-16-9-4-5-10-17(16)25-19/h4-10,13,18,26H,3,11-12H2,1-2H3. The zero-order chi connectivity index (χ0) is 18.5. The van der Waals surface area contributed by atoms with E-state index in [9.17, 15) is 4.79 Å². The number of ether oxygens (including phenoxy) is 1. The van der Waals surface area contributed by atoms with E-state index in [2.05, 4.69) is 54.6 Å². The van der Waals surface area contributed by atoms with Crippen LogP contribution in [-0.4, -0.2) is 30.6 Å². The van der Waals surface area contributed by atoms with E-state index in [1.807, 2.05) is 24.3 Å². The average Bonchev–Trinajstić information content (AvgIpc) is 3.08. The van der Waals surface area contributed by atoms with Crippen LogP contribution in [0.4, 0.5) is 5.69 Å². The van der Waals surface area contributed by atoms with Crippen molar-refractivity contribution in [1.29, 1.82) is 0 Å². The van der Waals surface area contributed by atoms with Crippen LogP contribution in [0.2, 0.25) is 0 Å². The third-order valence-corrected chi connectivity index (χ3v) is 4.55. The topological polar surface area (TPSA) is 55.6 Å². The third kappa shape index (κ3) is 4.19. The van der Waals surface area contributed by atoms with Gasteiger partial charge in [-0.05, 0) is 43.7 Å². The number of para-hydroxylation sites is 2. The molecule has 0 saturated heterocycles. The average molecular weight is 370 g/mol. The Hall–Kier alpha value is -2.47. The van der Waals surface area contributed by atoms with Gasteiger partial charge in [-0.25, -0.2) is 4.98 Å². The van der Waals surface area contributed by atoms with Gasteiger partial charge in [0.25, 0.3) is 0 Å². The highest BCUT2D eigenvalue weighted by Crippen LogP contribution is 2.25. The number of aryl methyl sites for hydroxylation is 1. The highest BCUT2D eigenvalue weighted by molar-refractivity contribution is 7.81. The van der Waals surface area contributed by atoms with Crippen molar-refractivity contribution in [2.45, 2.75) is 19.1 Å². The second-order valence-corrected chi connectivity index (χ2v) is 6.52. The van der Waals surface area contributed by atoms with E-state index in [1.54, 1.807) is 6.07 Å². The summed E-state index contributed by atoms with van der Waals surface area (Å²) in [7, 11) is 0. The summed E-state index contributed by atoms with van der Waals surface area (Å²) >= 11 is 4.31. The van der Waals surface area contributed by atoms with Gasteiger partial charge >= 0.3 is 5.97 Å². The summed E-state index contributed by atoms with van der Waals surface area (Å²) in [5, 5.41) is -0.837. The molecule has 1 unspecified atom stereocenters. The van der Waals surface area contributed by atoms with Crippen LogP contribution in [0.25, 0.3) is 11.1 Å². The third-order valence-electron chi connectivity index (χ3n) is 4.12. The molecule has 5 nitrogen and oxygen atoms in total. The first-order chi connectivity index (χ1) is 12.6. The number of rotatable bonds is 7. The second-order valence-electron chi connectivity index (χ2n) is 6.01. The minimum absolute atomic E-state index is 0.255. The van der Waals surface area contributed by atoms with Crippen molar-refractivity contribution < 1.29 is 13.9 Å². The van der Waals surface area contributed by atoms with Crippen molar-refractivity contribution in [3.63, 3.8) is 0 Å². The minimum atomic E-state index is -0.837. The van der Waals surface area contributed by atoms with Crippen molar-refractivity contribution in [3.8, 4) is 0 Å². The van der Waals surface area contributed by atoms with Crippen LogP contribution in [0.15, 0.2) is 52.9 Å². The predicted molar refractivity (Wildman–Crippen MR) is 106 cm³/mol. The molecule has 0 amide bonds. The van der Waals surface area contributed by atoms with E-state index >= 15 is 0 Å². The SMILES string of the molecule is CCN(CCOC(=O)C(S)c1nc2ccccc2o1)c1cccc(C)c1. The molecule has 1 aromatic heterocycles. The Morgan fingerprint density at radius 1 is 1.27 bits per heavy atom. The van der Waals surface area contributed by atoms with Crippen LogP contribution >= 0.6 is 12.6 Å². The number of carbonyl (C=O) groups is 1. The van der Waals surface area contributed by atoms with Crippen molar-refractivity contribution >= 4 is 35.4 Å². The molecule has 2 aromatic carbocycles. The lowest BCUT2D eigenvalue weighted by Crippen LogP contribution is -2.28. The number of hydrogen-bond acceptors (Lipinski definition) is 6. The monoisotopic (exact) mass is 370 g/mol. The van der Waals surface area contributed by atoms with Gasteiger partial charge in [-0.2, -0.15) is 12.6 Å². The fraction of sp³-hybridized carbons (Fsp3) is 0.300. The molecule has 3 rings (SSSR count). The normalized spacial score (nSPS) is 12.1. The number of carbonyl (C=O) groups excluding carboxylic acids is 1. The van der Waals surface area contributed by atoms with Gasteiger partial charge < -0.3 is 14.1 Å². The molecule has 6 heteroatoms. The fourth-order valence-corrected chi connectivity index (χ4v) is 2.92. The molecular weight excluding hydrogens is 348 g/mol. The molecule has 136 valence electrons. The number of oxazole rings is 1. The zero-order valence-electron chi connectivity index (χ0n) is 14.9. The second kappa shape index (κ2) is 8.27. The van der Waals surface area contributed by atoms with E-state index in [0.29, 0.717) is 17.6 Å². The van der Waals surface area contributed by atoms with Gasteiger partial charge in [-0.3, -0.25) is 4.79 Å². The quantitative estimate of drug-likeness (QED) is 0.499. The molecular formula is C20H22N2O3S. The van der Waals surface area contributed by atoms with E-state index in [0.717, 1.165) is 12.2 Å². The van der Waals surface area contributed by atoms with Crippen molar-refractivity contribution in [1.82, 2.24) is 4.98 Å². The van der Waals surface area contributed by atoms with Gasteiger partial charge in [0, 0.05) is 12.2 Å². The molecule has 26 heavy (non-hydrogen) atoms. The largest absolute Gasteiger partial charge is 0.463 e. The lowest BCUT2D eigenvalue weighted by atomic mass is 10.2. The summed E-state index contributed by atoms with van der Waals surface area (Å²) in [4.78, 5) is 18.7. The lowest BCUT2D eigenvalue weighted by molar-refractivity contribution is -0.143. The number of thiol groups is 1. The van der Waals surface area contributed by atoms with Gasteiger partial charge in [0.05, 0.1) is 6.54 Å². The molecule has 0 bridgehead atoms. The van der Waals surface area contributed by atoms with Gasteiger partial charge in [-0.15, -0.1) is 0 Å². The molecule has 0 aliphatic rings. The van der Waals surface area contributed by atoms with Gasteiger partial charge in [-0.1, -0.05) is 24.3 Å². The summed E-state index contributed by atoms with van der Waals surface area (Å²) in [5.41, 5.74) is 3.64. The number of aromatic nitrogens is 1. The maximum absolute atomic E-state index is 12.3. The minimum Gasteiger partial charge on any atom is -0.463 e. The Kier molecular flexibility index (Phi) is 5.83. The lowest BCUT2D eigenvalue weighted by Gasteiger charge is -2.23. The zero-order valence-corrected chi connectivity index (χ0v) is 15.8. The molecule has 3 aromatic rings. The van der Waals surface area contributed by atoms with E-state index in [4.69, 9.17) is 9.15 Å². The summed E-state index contributed by atoms with van der Waals surface area (Å²) < 4.78 is 11.0.